The molecular formula is C17H26N6O3. The van der Waals surface area contributed by atoms with Crippen LogP contribution in [0.4, 0.5) is 4.79 Å². The second-order valence-electron chi connectivity index (χ2n) is 7.17. The molecule has 0 unspecified atom stereocenters. The van der Waals surface area contributed by atoms with Gasteiger partial charge in [0.25, 0.3) is 5.91 Å². The van der Waals surface area contributed by atoms with Gasteiger partial charge in [-0.05, 0) is 25.7 Å². The molecule has 0 saturated carbocycles. The Bertz CT molecular complexity index is 661. The maximum Gasteiger partial charge on any atom is 0.320 e. The maximum atomic E-state index is 12.6. The molecule has 1 aromatic rings. The third-order valence-corrected chi connectivity index (χ3v) is 5.44. The molecule has 9 heteroatoms. The summed E-state index contributed by atoms with van der Waals surface area (Å²) in [5, 5.41) is 11.3. The van der Waals surface area contributed by atoms with Gasteiger partial charge in [-0.25, -0.2) is 4.79 Å². The molecule has 4 rings (SSSR count). The number of fused-ring (bicyclic) bond motifs is 1. The Morgan fingerprint density at radius 1 is 0.962 bits per heavy atom. The summed E-state index contributed by atoms with van der Waals surface area (Å²) in [4.78, 5) is 28.8. The van der Waals surface area contributed by atoms with Gasteiger partial charge in [0.2, 0.25) is 5.82 Å². The van der Waals surface area contributed by atoms with Gasteiger partial charge in [-0.3, -0.25) is 4.79 Å². The van der Waals surface area contributed by atoms with Crippen molar-refractivity contribution in [3.8, 4) is 0 Å². The highest BCUT2D eigenvalue weighted by Gasteiger charge is 2.29. The molecule has 2 saturated heterocycles. The van der Waals surface area contributed by atoms with Crippen LogP contribution in [0.2, 0.25) is 0 Å². The highest BCUT2D eigenvalue weighted by molar-refractivity contribution is 5.91. The first-order chi connectivity index (χ1) is 12.7. The largest absolute Gasteiger partial charge is 0.378 e. The molecule has 1 aromatic heterocycles. The van der Waals surface area contributed by atoms with Crippen molar-refractivity contribution in [2.45, 2.75) is 44.7 Å². The quantitative estimate of drug-likeness (QED) is 0.815. The Labute approximate surface area is 152 Å². The maximum absolute atomic E-state index is 12.6. The van der Waals surface area contributed by atoms with Crippen LogP contribution in [0.15, 0.2) is 0 Å². The van der Waals surface area contributed by atoms with E-state index in [9.17, 15) is 9.59 Å². The molecule has 1 N–H and O–H groups in total. The van der Waals surface area contributed by atoms with Crippen molar-refractivity contribution in [3.05, 3.63) is 11.6 Å². The number of urea groups is 1. The summed E-state index contributed by atoms with van der Waals surface area (Å²) < 4.78 is 7.24. The second-order valence-corrected chi connectivity index (χ2v) is 7.17. The number of amides is 3. The highest BCUT2D eigenvalue weighted by Crippen LogP contribution is 2.16. The molecular weight excluding hydrogens is 336 g/mol. The number of aryl methyl sites for hydroxylation is 1. The number of hydrogen-bond donors (Lipinski definition) is 1. The average molecular weight is 362 g/mol. The third-order valence-electron chi connectivity index (χ3n) is 5.44. The fourth-order valence-corrected chi connectivity index (χ4v) is 3.90. The van der Waals surface area contributed by atoms with Crippen molar-refractivity contribution in [1.82, 2.24) is 29.9 Å². The zero-order chi connectivity index (χ0) is 17.9. The van der Waals surface area contributed by atoms with Gasteiger partial charge in [-0.2, -0.15) is 0 Å². The van der Waals surface area contributed by atoms with E-state index < -0.39 is 0 Å². The molecule has 26 heavy (non-hydrogen) atoms. The Morgan fingerprint density at radius 2 is 1.69 bits per heavy atom. The van der Waals surface area contributed by atoms with Crippen LogP contribution >= 0.6 is 0 Å². The minimum atomic E-state index is -0.149. The first kappa shape index (κ1) is 17.3. The van der Waals surface area contributed by atoms with Gasteiger partial charge < -0.3 is 24.4 Å². The number of hydrogen-bond acceptors (Lipinski definition) is 5. The van der Waals surface area contributed by atoms with Gasteiger partial charge in [0, 0.05) is 45.2 Å². The summed E-state index contributed by atoms with van der Waals surface area (Å²) in [7, 11) is 0. The Balaban J connectivity index is 1.29. The Kier molecular flexibility index (Phi) is 5.05. The Hall–Kier alpha value is -2.16. The number of carbonyl (C=O) groups excluding carboxylic acids is 2. The van der Waals surface area contributed by atoms with Crippen LogP contribution in [0, 0.1) is 0 Å². The molecule has 142 valence electrons. The average Bonchev–Trinajstić information content (AvgIpc) is 3.13. The van der Waals surface area contributed by atoms with Gasteiger partial charge in [-0.15, -0.1) is 10.2 Å². The molecule has 0 spiro atoms. The number of ether oxygens (including phenoxy) is 1. The van der Waals surface area contributed by atoms with Crippen LogP contribution in [0.1, 0.15) is 42.1 Å². The van der Waals surface area contributed by atoms with Crippen molar-refractivity contribution in [1.29, 1.82) is 0 Å². The first-order valence-corrected chi connectivity index (χ1v) is 9.57. The lowest BCUT2D eigenvalue weighted by atomic mass is 10.1. The van der Waals surface area contributed by atoms with E-state index in [-0.39, 0.29) is 18.0 Å². The summed E-state index contributed by atoms with van der Waals surface area (Å²) in [6, 6.07) is 0.164. The summed E-state index contributed by atoms with van der Waals surface area (Å²) in [6.45, 7) is 4.69. The molecule has 0 radical (unpaired) electrons. The van der Waals surface area contributed by atoms with Gasteiger partial charge in [0.05, 0.1) is 13.2 Å². The van der Waals surface area contributed by atoms with Gasteiger partial charge in [0.15, 0.2) is 0 Å². The van der Waals surface area contributed by atoms with E-state index in [1.165, 1.54) is 0 Å². The summed E-state index contributed by atoms with van der Waals surface area (Å²) in [5.74, 6) is 1.18. The lowest BCUT2D eigenvalue weighted by Crippen LogP contribution is -2.53. The number of nitrogens with one attached hydrogen (secondary N) is 1. The summed E-state index contributed by atoms with van der Waals surface area (Å²) >= 11 is 0. The molecule has 9 nitrogen and oxygen atoms in total. The van der Waals surface area contributed by atoms with E-state index >= 15 is 0 Å². The van der Waals surface area contributed by atoms with E-state index in [0.717, 1.165) is 44.5 Å². The number of piperidine rings is 1. The zero-order valence-corrected chi connectivity index (χ0v) is 15.0. The van der Waals surface area contributed by atoms with E-state index in [4.69, 9.17) is 4.74 Å². The topological polar surface area (TPSA) is 92.6 Å². The summed E-state index contributed by atoms with van der Waals surface area (Å²) in [6.07, 6.45) is 4.59. The van der Waals surface area contributed by atoms with Gasteiger partial charge in [-0.1, -0.05) is 0 Å². The summed E-state index contributed by atoms with van der Waals surface area (Å²) in [5.41, 5.74) is 0. The molecule has 3 aliphatic rings. The monoisotopic (exact) mass is 362 g/mol. The fraction of sp³-hybridized carbons (Fsp3) is 0.765. The number of aromatic nitrogens is 3. The van der Waals surface area contributed by atoms with E-state index in [0.29, 0.717) is 45.2 Å². The third kappa shape index (κ3) is 3.53. The normalized spacial score (nSPS) is 21.4. The van der Waals surface area contributed by atoms with Crippen LogP contribution in [0.25, 0.3) is 0 Å². The van der Waals surface area contributed by atoms with E-state index in [1.54, 1.807) is 0 Å². The highest BCUT2D eigenvalue weighted by atomic mass is 16.5. The number of morpholine rings is 1. The minimum absolute atomic E-state index is 0.0766. The van der Waals surface area contributed by atoms with Gasteiger partial charge >= 0.3 is 6.03 Å². The first-order valence-electron chi connectivity index (χ1n) is 9.57. The molecule has 0 aromatic carbocycles. The van der Waals surface area contributed by atoms with Crippen molar-refractivity contribution in [2.24, 2.45) is 0 Å². The lowest BCUT2D eigenvalue weighted by Gasteiger charge is -2.37. The zero-order valence-electron chi connectivity index (χ0n) is 15.0. The van der Waals surface area contributed by atoms with Crippen LogP contribution < -0.4 is 5.32 Å². The standard InChI is InChI=1S/C17H26N6O3/c24-16(15-20-19-14-3-1-2-6-23(14)15)18-13-4-7-21(8-5-13)17(25)22-9-11-26-12-10-22/h13H,1-12H2,(H,18,24). The molecule has 0 atom stereocenters. The van der Waals surface area contributed by atoms with Crippen molar-refractivity contribution >= 4 is 11.9 Å². The molecule has 0 bridgehead atoms. The number of rotatable bonds is 2. The van der Waals surface area contributed by atoms with E-state index in [1.807, 2.05) is 14.4 Å². The minimum Gasteiger partial charge on any atom is -0.378 e. The van der Waals surface area contributed by atoms with Crippen LogP contribution in [-0.4, -0.2) is 81.9 Å². The Morgan fingerprint density at radius 3 is 2.46 bits per heavy atom. The number of nitrogens with zero attached hydrogens (tertiary/aromatic N) is 5. The number of carbonyl (C=O) groups is 2. The van der Waals surface area contributed by atoms with Crippen LogP contribution in [0.3, 0.4) is 0 Å². The van der Waals surface area contributed by atoms with Crippen molar-refractivity contribution in [2.75, 3.05) is 39.4 Å². The fourth-order valence-electron chi connectivity index (χ4n) is 3.90. The molecule has 3 aliphatic heterocycles. The van der Waals surface area contributed by atoms with Crippen molar-refractivity contribution < 1.29 is 14.3 Å². The SMILES string of the molecule is O=C(NC1CCN(C(=O)N2CCOCC2)CC1)c1nnc2n1CCCC2. The molecule has 3 amide bonds. The van der Waals surface area contributed by atoms with Crippen LogP contribution in [-0.2, 0) is 17.7 Å². The molecule has 4 heterocycles. The molecule has 0 aliphatic carbocycles. The predicted molar refractivity (Wildman–Crippen MR) is 92.8 cm³/mol. The lowest BCUT2D eigenvalue weighted by molar-refractivity contribution is 0.0407. The smallest absolute Gasteiger partial charge is 0.320 e. The molecule has 2 fully saturated rings. The van der Waals surface area contributed by atoms with Gasteiger partial charge in [0.1, 0.15) is 5.82 Å². The van der Waals surface area contributed by atoms with Crippen molar-refractivity contribution in [3.63, 3.8) is 0 Å². The number of likely N-dealkylation sites (tertiary alicyclic amines) is 1. The van der Waals surface area contributed by atoms with E-state index in [2.05, 4.69) is 15.5 Å². The predicted octanol–water partition coefficient (Wildman–Crippen LogP) is 0.261. The second kappa shape index (κ2) is 7.61. The van der Waals surface area contributed by atoms with Crippen LogP contribution in [0.5, 0.6) is 0 Å².